The Morgan fingerprint density at radius 1 is 1.00 bits per heavy atom. The Bertz CT molecular complexity index is 670. The minimum atomic E-state index is -0.335. The standard InChI is InChI=1S/C19H20N2O2/c22-18(20-13-11-15-7-3-1-4-8-15)17-12-14-21(17)19(23)16-9-5-2-6-10-16/h1-10,17H,11-14H2,(H,20,22). The molecule has 0 bridgehead atoms. The van der Waals surface area contributed by atoms with E-state index in [1.54, 1.807) is 17.0 Å². The summed E-state index contributed by atoms with van der Waals surface area (Å²) in [5.74, 6) is -0.128. The molecule has 118 valence electrons. The van der Waals surface area contributed by atoms with E-state index in [4.69, 9.17) is 0 Å². The average Bonchev–Trinajstić information content (AvgIpc) is 2.55. The first-order chi connectivity index (χ1) is 11.3. The molecule has 1 unspecified atom stereocenters. The zero-order valence-electron chi connectivity index (χ0n) is 12.9. The van der Waals surface area contributed by atoms with Gasteiger partial charge in [-0.2, -0.15) is 0 Å². The Kier molecular flexibility index (Phi) is 4.71. The molecule has 0 saturated carbocycles. The summed E-state index contributed by atoms with van der Waals surface area (Å²) in [4.78, 5) is 26.3. The van der Waals surface area contributed by atoms with E-state index in [0.29, 0.717) is 18.7 Å². The molecule has 1 N–H and O–H groups in total. The van der Waals surface area contributed by atoms with E-state index in [2.05, 4.69) is 5.32 Å². The summed E-state index contributed by atoms with van der Waals surface area (Å²) in [6.45, 7) is 1.23. The van der Waals surface area contributed by atoms with E-state index in [0.717, 1.165) is 12.8 Å². The van der Waals surface area contributed by atoms with E-state index in [1.165, 1.54) is 5.56 Å². The molecule has 1 aliphatic rings. The van der Waals surface area contributed by atoms with Crippen LogP contribution in [0.3, 0.4) is 0 Å². The summed E-state index contributed by atoms with van der Waals surface area (Å²) in [6.07, 6.45) is 1.53. The lowest BCUT2D eigenvalue weighted by Gasteiger charge is -2.39. The molecule has 1 aliphatic heterocycles. The molecule has 4 heteroatoms. The van der Waals surface area contributed by atoms with Gasteiger partial charge < -0.3 is 10.2 Å². The van der Waals surface area contributed by atoms with E-state index < -0.39 is 0 Å². The van der Waals surface area contributed by atoms with Crippen molar-refractivity contribution in [2.24, 2.45) is 0 Å². The number of carbonyl (C=O) groups excluding carboxylic acids is 2. The number of amides is 2. The van der Waals surface area contributed by atoms with Crippen molar-refractivity contribution in [2.45, 2.75) is 18.9 Å². The van der Waals surface area contributed by atoms with Crippen molar-refractivity contribution in [1.29, 1.82) is 0 Å². The minimum absolute atomic E-state index is 0.0588. The summed E-state index contributed by atoms with van der Waals surface area (Å²) in [6, 6.07) is 18.8. The van der Waals surface area contributed by atoms with Crippen LogP contribution in [-0.2, 0) is 11.2 Å². The number of likely N-dealkylation sites (tertiary alicyclic amines) is 1. The monoisotopic (exact) mass is 308 g/mol. The van der Waals surface area contributed by atoms with Gasteiger partial charge in [0.25, 0.3) is 5.91 Å². The second kappa shape index (κ2) is 7.09. The number of hydrogen-bond acceptors (Lipinski definition) is 2. The maximum absolute atomic E-state index is 12.4. The Balaban J connectivity index is 1.51. The maximum atomic E-state index is 12.4. The molecule has 1 heterocycles. The number of nitrogens with one attached hydrogen (secondary N) is 1. The van der Waals surface area contributed by atoms with Gasteiger partial charge in [0, 0.05) is 18.7 Å². The van der Waals surface area contributed by atoms with Gasteiger partial charge in [-0.1, -0.05) is 48.5 Å². The Hall–Kier alpha value is -2.62. The summed E-state index contributed by atoms with van der Waals surface area (Å²) >= 11 is 0. The molecule has 0 spiro atoms. The third-order valence-corrected chi connectivity index (χ3v) is 4.16. The van der Waals surface area contributed by atoms with Crippen LogP contribution in [-0.4, -0.2) is 35.8 Å². The number of carbonyl (C=O) groups is 2. The first kappa shape index (κ1) is 15.3. The molecule has 0 aromatic heterocycles. The van der Waals surface area contributed by atoms with E-state index in [-0.39, 0.29) is 17.9 Å². The van der Waals surface area contributed by atoms with Gasteiger partial charge in [0.15, 0.2) is 0 Å². The molecule has 0 radical (unpaired) electrons. The minimum Gasteiger partial charge on any atom is -0.354 e. The molecule has 0 aliphatic carbocycles. The van der Waals surface area contributed by atoms with Crippen LogP contribution in [0.25, 0.3) is 0 Å². The van der Waals surface area contributed by atoms with Gasteiger partial charge >= 0.3 is 0 Å². The topological polar surface area (TPSA) is 49.4 Å². The normalized spacial score (nSPS) is 16.5. The van der Waals surface area contributed by atoms with Crippen molar-refractivity contribution in [1.82, 2.24) is 10.2 Å². The van der Waals surface area contributed by atoms with E-state index in [9.17, 15) is 9.59 Å². The molecular formula is C19H20N2O2. The van der Waals surface area contributed by atoms with Gasteiger partial charge in [-0.15, -0.1) is 0 Å². The number of nitrogens with zero attached hydrogens (tertiary/aromatic N) is 1. The van der Waals surface area contributed by atoms with Crippen LogP contribution < -0.4 is 5.32 Å². The van der Waals surface area contributed by atoms with Crippen molar-refractivity contribution in [3.05, 3.63) is 71.8 Å². The lowest BCUT2D eigenvalue weighted by atomic mass is 10.00. The molecule has 2 amide bonds. The van der Waals surface area contributed by atoms with Crippen LogP contribution in [0.4, 0.5) is 0 Å². The average molecular weight is 308 g/mol. The van der Waals surface area contributed by atoms with Gasteiger partial charge in [0.2, 0.25) is 5.91 Å². The highest BCUT2D eigenvalue weighted by Crippen LogP contribution is 2.20. The van der Waals surface area contributed by atoms with Crippen molar-refractivity contribution in [3.63, 3.8) is 0 Å². The molecule has 23 heavy (non-hydrogen) atoms. The Labute approximate surface area is 136 Å². The summed E-state index contributed by atoms with van der Waals surface area (Å²) in [7, 11) is 0. The van der Waals surface area contributed by atoms with Crippen molar-refractivity contribution < 1.29 is 9.59 Å². The number of hydrogen-bond donors (Lipinski definition) is 1. The van der Waals surface area contributed by atoms with Crippen LogP contribution in [0.1, 0.15) is 22.3 Å². The first-order valence-corrected chi connectivity index (χ1v) is 7.93. The van der Waals surface area contributed by atoms with E-state index in [1.807, 2.05) is 48.5 Å². The van der Waals surface area contributed by atoms with Gasteiger partial charge in [-0.25, -0.2) is 0 Å². The number of benzene rings is 2. The van der Waals surface area contributed by atoms with Crippen molar-refractivity contribution >= 4 is 11.8 Å². The highest BCUT2D eigenvalue weighted by Gasteiger charge is 2.37. The van der Waals surface area contributed by atoms with Gasteiger partial charge in [0.1, 0.15) is 6.04 Å². The summed E-state index contributed by atoms with van der Waals surface area (Å²) in [5, 5.41) is 2.94. The Morgan fingerprint density at radius 3 is 2.26 bits per heavy atom. The zero-order chi connectivity index (χ0) is 16.1. The van der Waals surface area contributed by atoms with Crippen LogP contribution in [0, 0.1) is 0 Å². The second-order valence-electron chi connectivity index (χ2n) is 5.70. The molecule has 3 rings (SSSR count). The van der Waals surface area contributed by atoms with E-state index >= 15 is 0 Å². The molecular weight excluding hydrogens is 288 g/mol. The maximum Gasteiger partial charge on any atom is 0.254 e. The molecule has 2 aromatic rings. The second-order valence-corrected chi connectivity index (χ2v) is 5.70. The predicted molar refractivity (Wildman–Crippen MR) is 89.0 cm³/mol. The third-order valence-electron chi connectivity index (χ3n) is 4.16. The smallest absolute Gasteiger partial charge is 0.254 e. The van der Waals surface area contributed by atoms with Gasteiger partial charge in [0.05, 0.1) is 0 Å². The fourth-order valence-electron chi connectivity index (χ4n) is 2.74. The number of rotatable bonds is 5. The SMILES string of the molecule is O=C(NCCc1ccccc1)C1CCN1C(=O)c1ccccc1. The fraction of sp³-hybridized carbons (Fsp3) is 0.263. The quantitative estimate of drug-likeness (QED) is 0.921. The molecule has 1 saturated heterocycles. The van der Waals surface area contributed by atoms with Crippen molar-refractivity contribution in [2.75, 3.05) is 13.1 Å². The molecule has 1 fully saturated rings. The molecule has 4 nitrogen and oxygen atoms in total. The summed E-state index contributed by atoms with van der Waals surface area (Å²) in [5.41, 5.74) is 1.83. The summed E-state index contributed by atoms with van der Waals surface area (Å²) < 4.78 is 0. The zero-order valence-corrected chi connectivity index (χ0v) is 12.9. The predicted octanol–water partition coefficient (Wildman–Crippen LogP) is 2.26. The highest BCUT2D eigenvalue weighted by atomic mass is 16.2. The lowest BCUT2D eigenvalue weighted by molar-refractivity contribution is -0.129. The largest absolute Gasteiger partial charge is 0.354 e. The van der Waals surface area contributed by atoms with Crippen LogP contribution in [0.2, 0.25) is 0 Å². The third kappa shape index (κ3) is 3.59. The lowest BCUT2D eigenvalue weighted by Crippen LogP contribution is -2.58. The molecule has 2 aromatic carbocycles. The first-order valence-electron chi connectivity index (χ1n) is 7.93. The fourth-order valence-corrected chi connectivity index (χ4v) is 2.74. The Morgan fingerprint density at radius 2 is 1.65 bits per heavy atom. The molecule has 1 atom stereocenters. The van der Waals surface area contributed by atoms with Crippen LogP contribution in [0.15, 0.2) is 60.7 Å². The van der Waals surface area contributed by atoms with Crippen LogP contribution >= 0.6 is 0 Å². The van der Waals surface area contributed by atoms with Gasteiger partial charge in [-0.3, -0.25) is 9.59 Å². The van der Waals surface area contributed by atoms with Crippen LogP contribution in [0.5, 0.6) is 0 Å². The van der Waals surface area contributed by atoms with Gasteiger partial charge in [-0.05, 0) is 30.5 Å². The van der Waals surface area contributed by atoms with Crippen molar-refractivity contribution in [3.8, 4) is 0 Å². The highest BCUT2D eigenvalue weighted by molar-refractivity contribution is 5.98.